The minimum atomic E-state index is -0.259. The number of nitrogens with two attached hydrogens (primary N) is 1. The first-order chi connectivity index (χ1) is 11.3. The molecule has 4 nitrogen and oxygen atoms in total. The Morgan fingerprint density at radius 1 is 1.13 bits per heavy atom. The number of rotatable bonds is 7. The summed E-state index contributed by atoms with van der Waals surface area (Å²) in [5.74, 6) is 0.116. The van der Waals surface area contributed by atoms with Crippen LogP contribution in [0.4, 0.5) is 0 Å². The van der Waals surface area contributed by atoms with Crippen molar-refractivity contribution in [1.82, 2.24) is 4.98 Å². The van der Waals surface area contributed by atoms with E-state index in [1.807, 2.05) is 66.1 Å². The molecule has 0 unspecified atom stereocenters. The van der Waals surface area contributed by atoms with Gasteiger partial charge in [-0.1, -0.05) is 48.5 Å². The number of fused-ring (bicyclic) bond motifs is 1. The maximum Gasteiger partial charge on any atom is 0.226 e. The molecule has 3 aromatic rings. The summed E-state index contributed by atoms with van der Waals surface area (Å²) in [6.45, 7) is 1.36. The molecule has 0 aliphatic heterocycles. The SMILES string of the molecule is COCC[NH2+][C@@H](C(=O)c1c[nH]c2ccccc12)c1ccccc1. The molecule has 0 radical (unpaired) electrons. The molecule has 118 valence electrons. The molecule has 2 aromatic carbocycles. The molecular weight excluding hydrogens is 288 g/mol. The lowest BCUT2D eigenvalue weighted by molar-refractivity contribution is -0.682. The maximum atomic E-state index is 13.1. The van der Waals surface area contributed by atoms with E-state index >= 15 is 0 Å². The van der Waals surface area contributed by atoms with Crippen LogP contribution in [0.3, 0.4) is 0 Å². The van der Waals surface area contributed by atoms with Gasteiger partial charge in [0, 0.05) is 35.3 Å². The van der Waals surface area contributed by atoms with Crippen molar-refractivity contribution in [3.63, 3.8) is 0 Å². The molecule has 4 heteroatoms. The Morgan fingerprint density at radius 2 is 1.87 bits per heavy atom. The highest BCUT2D eigenvalue weighted by molar-refractivity contribution is 6.09. The Morgan fingerprint density at radius 3 is 2.65 bits per heavy atom. The van der Waals surface area contributed by atoms with E-state index in [9.17, 15) is 4.79 Å². The van der Waals surface area contributed by atoms with Gasteiger partial charge in [-0.15, -0.1) is 0 Å². The van der Waals surface area contributed by atoms with Crippen molar-refractivity contribution < 1.29 is 14.8 Å². The third-order valence-electron chi connectivity index (χ3n) is 4.02. The molecular formula is C19H21N2O2+. The fourth-order valence-corrected chi connectivity index (χ4v) is 2.85. The lowest BCUT2D eigenvalue weighted by Crippen LogP contribution is -2.87. The van der Waals surface area contributed by atoms with Gasteiger partial charge in [0.25, 0.3) is 0 Å². The second-order valence-corrected chi connectivity index (χ2v) is 5.52. The van der Waals surface area contributed by atoms with E-state index in [1.165, 1.54) is 0 Å². The number of benzene rings is 2. The van der Waals surface area contributed by atoms with Crippen molar-refractivity contribution in [1.29, 1.82) is 0 Å². The Hall–Kier alpha value is -2.43. The average molecular weight is 309 g/mol. The predicted octanol–water partition coefficient (Wildman–Crippen LogP) is 2.30. The first kappa shape index (κ1) is 15.5. The summed E-state index contributed by atoms with van der Waals surface area (Å²) in [6, 6.07) is 17.5. The Bertz CT molecular complexity index is 780. The Balaban J connectivity index is 1.93. The molecule has 3 N–H and O–H groups in total. The van der Waals surface area contributed by atoms with E-state index in [0.717, 1.165) is 28.6 Å². The third-order valence-corrected chi connectivity index (χ3v) is 4.02. The van der Waals surface area contributed by atoms with E-state index in [-0.39, 0.29) is 11.8 Å². The maximum absolute atomic E-state index is 13.1. The molecule has 0 aliphatic rings. The summed E-state index contributed by atoms with van der Waals surface area (Å²) in [4.78, 5) is 16.3. The number of para-hydroxylation sites is 1. The number of aromatic amines is 1. The summed E-state index contributed by atoms with van der Waals surface area (Å²) < 4.78 is 5.12. The molecule has 1 aromatic heterocycles. The van der Waals surface area contributed by atoms with Gasteiger partial charge in [-0.05, 0) is 6.07 Å². The minimum Gasteiger partial charge on any atom is -0.379 e. The van der Waals surface area contributed by atoms with Crippen LogP contribution in [0.25, 0.3) is 10.9 Å². The number of Topliss-reactive ketones (excluding diaryl/α,β-unsaturated/α-hetero) is 1. The van der Waals surface area contributed by atoms with E-state index < -0.39 is 0 Å². The summed E-state index contributed by atoms with van der Waals surface area (Å²) in [5.41, 5.74) is 2.74. The highest BCUT2D eigenvalue weighted by Gasteiger charge is 2.27. The lowest BCUT2D eigenvalue weighted by Gasteiger charge is -2.14. The topological polar surface area (TPSA) is 58.7 Å². The van der Waals surface area contributed by atoms with E-state index in [2.05, 4.69) is 4.98 Å². The van der Waals surface area contributed by atoms with Crippen LogP contribution in [0, 0.1) is 0 Å². The molecule has 0 aliphatic carbocycles. The molecule has 0 saturated heterocycles. The van der Waals surface area contributed by atoms with Gasteiger partial charge >= 0.3 is 0 Å². The van der Waals surface area contributed by atoms with Crippen molar-refractivity contribution in [2.45, 2.75) is 6.04 Å². The van der Waals surface area contributed by atoms with Crippen LogP contribution in [0.5, 0.6) is 0 Å². The molecule has 23 heavy (non-hydrogen) atoms. The zero-order chi connectivity index (χ0) is 16.1. The van der Waals surface area contributed by atoms with Gasteiger partial charge in [0.2, 0.25) is 5.78 Å². The molecule has 0 spiro atoms. The van der Waals surface area contributed by atoms with Crippen molar-refractivity contribution in [2.24, 2.45) is 0 Å². The zero-order valence-electron chi connectivity index (χ0n) is 13.2. The standard InChI is InChI=1S/C19H20N2O2/c1-23-12-11-20-18(14-7-3-2-4-8-14)19(22)16-13-21-17-10-6-5-9-15(16)17/h2-10,13,18,20-21H,11-12H2,1H3/p+1/t18-/m1/s1. The molecule has 0 saturated carbocycles. The number of ether oxygens (including phenoxy) is 1. The number of nitrogens with one attached hydrogen (secondary N) is 1. The smallest absolute Gasteiger partial charge is 0.226 e. The fourth-order valence-electron chi connectivity index (χ4n) is 2.85. The first-order valence-corrected chi connectivity index (χ1v) is 7.79. The molecule has 0 fully saturated rings. The van der Waals surface area contributed by atoms with E-state index in [4.69, 9.17) is 4.74 Å². The number of hydrogen-bond donors (Lipinski definition) is 2. The molecule has 0 bridgehead atoms. The number of quaternary nitrogens is 1. The van der Waals surface area contributed by atoms with Crippen molar-refractivity contribution in [3.05, 3.63) is 71.9 Å². The van der Waals surface area contributed by atoms with Crippen LogP contribution < -0.4 is 5.32 Å². The summed E-state index contributed by atoms with van der Waals surface area (Å²) in [6.07, 6.45) is 1.81. The largest absolute Gasteiger partial charge is 0.379 e. The van der Waals surface area contributed by atoms with Gasteiger partial charge in [0.1, 0.15) is 6.54 Å². The zero-order valence-corrected chi connectivity index (χ0v) is 13.2. The summed E-state index contributed by atoms with van der Waals surface area (Å²) in [5, 5.41) is 3.02. The van der Waals surface area contributed by atoms with Crippen molar-refractivity contribution in [3.8, 4) is 0 Å². The van der Waals surface area contributed by atoms with Gasteiger partial charge in [-0.2, -0.15) is 0 Å². The highest BCUT2D eigenvalue weighted by Crippen LogP contribution is 2.22. The molecule has 3 rings (SSSR count). The van der Waals surface area contributed by atoms with Crippen LogP contribution in [0.2, 0.25) is 0 Å². The lowest BCUT2D eigenvalue weighted by atomic mass is 9.97. The van der Waals surface area contributed by atoms with Gasteiger partial charge in [-0.3, -0.25) is 4.79 Å². The quantitative estimate of drug-likeness (QED) is 0.520. The van der Waals surface area contributed by atoms with Gasteiger partial charge in [-0.25, -0.2) is 0 Å². The first-order valence-electron chi connectivity index (χ1n) is 7.79. The number of carbonyl (C=O) groups excluding carboxylic acids is 1. The Labute approximate surface area is 135 Å². The average Bonchev–Trinajstić information content (AvgIpc) is 3.03. The number of carbonyl (C=O) groups is 1. The van der Waals surface area contributed by atoms with Gasteiger partial charge in [0.15, 0.2) is 6.04 Å². The minimum absolute atomic E-state index is 0.116. The van der Waals surface area contributed by atoms with Crippen LogP contribution in [-0.2, 0) is 4.74 Å². The van der Waals surface area contributed by atoms with E-state index in [1.54, 1.807) is 7.11 Å². The molecule has 1 atom stereocenters. The van der Waals surface area contributed by atoms with Crippen molar-refractivity contribution >= 4 is 16.7 Å². The number of methoxy groups -OCH3 is 1. The van der Waals surface area contributed by atoms with Crippen LogP contribution >= 0.6 is 0 Å². The summed E-state index contributed by atoms with van der Waals surface area (Å²) >= 11 is 0. The number of hydrogen-bond acceptors (Lipinski definition) is 2. The van der Waals surface area contributed by atoms with Crippen LogP contribution in [0.15, 0.2) is 60.8 Å². The predicted molar refractivity (Wildman–Crippen MR) is 90.5 cm³/mol. The molecule has 0 amide bonds. The van der Waals surface area contributed by atoms with Crippen LogP contribution in [0.1, 0.15) is 22.0 Å². The van der Waals surface area contributed by atoms with E-state index in [0.29, 0.717) is 6.61 Å². The third kappa shape index (κ3) is 3.33. The molecule has 1 heterocycles. The fraction of sp³-hybridized carbons (Fsp3) is 0.211. The van der Waals surface area contributed by atoms with Crippen molar-refractivity contribution in [2.75, 3.05) is 20.3 Å². The number of ketones is 1. The number of H-pyrrole nitrogens is 1. The number of aromatic nitrogens is 1. The van der Waals surface area contributed by atoms with Gasteiger partial charge < -0.3 is 15.0 Å². The monoisotopic (exact) mass is 309 g/mol. The summed E-state index contributed by atoms with van der Waals surface area (Å²) in [7, 11) is 1.67. The Kier molecular flexibility index (Phi) is 4.86. The second-order valence-electron chi connectivity index (χ2n) is 5.52. The highest BCUT2D eigenvalue weighted by atomic mass is 16.5. The van der Waals surface area contributed by atoms with Crippen LogP contribution in [-0.4, -0.2) is 31.0 Å². The van der Waals surface area contributed by atoms with Gasteiger partial charge in [0.05, 0.1) is 6.61 Å². The normalized spacial score (nSPS) is 12.4. The second kappa shape index (κ2) is 7.22.